The van der Waals surface area contributed by atoms with Gasteiger partial charge in [0, 0.05) is 0 Å². The molecule has 0 nitrogen and oxygen atoms in total. The zero-order chi connectivity index (χ0) is 30.8. The third-order valence-electron chi connectivity index (χ3n) is 10.8. The summed E-state index contributed by atoms with van der Waals surface area (Å²) in [6.07, 6.45) is 17.8. The molecule has 0 saturated heterocycles. The van der Waals surface area contributed by atoms with Gasteiger partial charge in [-0.25, -0.2) is 5.57 Å². The topological polar surface area (TPSA) is 0 Å². The summed E-state index contributed by atoms with van der Waals surface area (Å²) in [5.41, 5.74) is 12.0. The van der Waals surface area contributed by atoms with E-state index in [1.807, 2.05) is 6.07 Å². The number of hydrogen-bond donors (Lipinski definition) is 0. The Labute approximate surface area is 310 Å². The number of benzene rings is 4. The fourth-order valence-corrected chi connectivity index (χ4v) is 10.2. The molecule has 0 radical (unpaired) electrons. The van der Waals surface area contributed by atoms with Crippen molar-refractivity contribution < 1.29 is 49.0 Å². The number of hydrogen-bond acceptors (Lipinski definition) is 0. The van der Waals surface area contributed by atoms with Gasteiger partial charge in [-0.2, -0.15) is 41.5 Å². The number of rotatable bonds is 4. The quantitative estimate of drug-likeness (QED) is 0.234. The van der Waals surface area contributed by atoms with E-state index < -0.39 is 0 Å². The van der Waals surface area contributed by atoms with Crippen LogP contribution in [-0.2, 0) is 30.7 Å². The second-order valence-electron chi connectivity index (χ2n) is 14.3. The van der Waals surface area contributed by atoms with Crippen molar-refractivity contribution in [3.05, 3.63) is 155 Å². The van der Waals surface area contributed by atoms with Crippen LogP contribution in [0, 0.1) is 41.2 Å². The van der Waals surface area contributed by atoms with E-state index in [0.29, 0.717) is 11.3 Å². The molecule has 0 aliphatic heterocycles. The fourth-order valence-electron chi connectivity index (χ4n) is 9.38. The molecule has 47 heavy (non-hydrogen) atoms. The molecule has 0 aromatic heterocycles. The summed E-state index contributed by atoms with van der Waals surface area (Å²) in [7, 11) is 0. The number of fused-ring (bicyclic) bond motifs is 3. The molecule has 4 fully saturated rings. The summed E-state index contributed by atoms with van der Waals surface area (Å²) in [6, 6.07) is 39.2. The maximum absolute atomic E-state index is 3.57. The van der Waals surface area contributed by atoms with E-state index in [9.17, 15) is 0 Å². The van der Waals surface area contributed by atoms with Gasteiger partial charge in [0.25, 0.3) is 0 Å². The smallest absolute Gasteiger partial charge is 0.0253 e. The maximum Gasteiger partial charge on any atom is -0.0253 e. The van der Waals surface area contributed by atoms with E-state index in [1.54, 1.807) is 44.1 Å². The van der Waals surface area contributed by atoms with Gasteiger partial charge in [-0.3, -0.25) is 6.08 Å². The Balaban J connectivity index is 0.000000138. The number of halogens is 2. The average Bonchev–Trinajstić information content (AvgIpc) is 3.59. The molecule has 0 heterocycles. The monoisotopic (exact) mass is 732 g/mol. The first kappa shape index (κ1) is 36.0. The van der Waals surface area contributed by atoms with Crippen LogP contribution in [0.3, 0.4) is 0 Å². The first-order valence-corrected chi connectivity index (χ1v) is 18.3. The van der Waals surface area contributed by atoms with Gasteiger partial charge in [0.15, 0.2) is 0 Å². The molecular weight excluding hydrogens is 691 g/mol. The number of allylic oxidation sites excluding steroid dienone is 4. The Morgan fingerprint density at radius 2 is 1.26 bits per heavy atom. The molecule has 3 heteroatoms. The normalized spacial score (nSPS) is 25.3. The Hall–Kier alpha value is -2.31. The van der Waals surface area contributed by atoms with Gasteiger partial charge in [0.2, 0.25) is 0 Å². The van der Waals surface area contributed by atoms with E-state index >= 15 is 0 Å². The van der Waals surface area contributed by atoms with Crippen molar-refractivity contribution in [1.82, 2.24) is 0 Å². The van der Waals surface area contributed by atoms with E-state index in [0.717, 1.165) is 24.2 Å². The fraction of sp³-hybridized carbons (Fsp3) is 0.341. The molecule has 6 aliphatic rings. The zero-order valence-corrected chi connectivity index (χ0v) is 31.6. The average molecular weight is 735 g/mol. The molecule has 4 aromatic carbocycles. The SMILES string of the molecule is CC1=[C-]C(C)C=C1CC12CC3CC(CC(C3)C1)C2.[Cl-].[Cl-].[Zr+2]=[C](c1ccccc1)c1ccccc1.[c-]1cccc2c1Cc1ccccc1-2. The summed E-state index contributed by atoms with van der Waals surface area (Å²) in [5, 5.41) is 0. The van der Waals surface area contributed by atoms with Gasteiger partial charge in [-0.05, 0) is 68.1 Å². The first-order valence-electron chi connectivity index (χ1n) is 17.0. The van der Waals surface area contributed by atoms with Crippen molar-refractivity contribution in [2.75, 3.05) is 0 Å². The third kappa shape index (κ3) is 8.29. The summed E-state index contributed by atoms with van der Waals surface area (Å²) < 4.78 is 1.42. The molecule has 240 valence electrons. The van der Waals surface area contributed by atoms with Crippen LogP contribution in [0.25, 0.3) is 11.1 Å². The van der Waals surface area contributed by atoms with Gasteiger partial charge in [-0.15, -0.1) is 5.56 Å². The minimum Gasteiger partial charge on any atom is -0.179 e. The third-order valence-corrected chi connectivity index (χ3v) is 12.3. The molecule has 10 rings (SSSR count). The molecule has 4 aromatic rings. The van der Waals surface area contributed by atoms with Crippen molar-refractivity contribution in [2.24, 2.45) is 29.1 Å². The van der Waals surface area contributed by atoms with Gasteiger partial charge in [0.05, 0.1) is 0 Å². The van der Waals surface area contributed by atoms with Crippen LogP contribution >= 0.6 is 0 Å². The van der Waals surface area contributed by atoms with Crippen LogP contribution in [0.5, 0.6) is 0 Å². The van der Waals surface area contributed by atoms with E-state index in [2.05, 4.69) is 129 Å². The molecule has 1 unspecified atom stereocenters. The molecule has 1 atom stereocenters. The summed E-state index contributed by atoms with van der Waals surface area (Å²) in [6.45, 7) is 4.55. The standard InChI is InChI=1S/C18H25.C13H9.C13H10.2ClH.Zr/c1-12-3-13(2)17(4-12)11-18-8-14-5-15(9-18)7-16(6-14)10-18;1-3-7-12-10(5-1)9-11-6-2-4-8-13(11)12;1-3-7-12(8-4-1)11-13-9-5-2-6-10-13;;;/h4,12,14-16H,5-11H2,1-2H3;1-5,7-8H,9H2;1-10H;2*1H;/q2*-1;;;;+2/p-2. The van der Waals surface area contributed by atoms with Crippen molar-refractivity contribution in [3.8, 4) is 11.1 Å². The van der Waals surface area contributed by atoms with Crippen LogP contribution in [0.1, 0.15) is 81.0 Å². The first-order chi connectivity index (χ1) is 21.9. The summed E-state index contributed by atoms with van der Waals surface area (Å²) >= 11 is 1.46. The van der Waals surface area contributed by atoms with Crippen LogP contribution in [-0.4, -0.2) is 3.21 Å². The minimum absolute atomic E-state index is 0. The Morgan fingerprint density at radius 1 is 0.723 bits per heavy atom. The predicted octanol–water partition coefficient (Wildman–Crippen LogP) is 4.79. The van der Waals surface area contributed by atoms with Crippen LogP contribution in [0.2, 0.25) is 0 Å². The summed E-state index contributed by atoms with van der Waals surface area (Å²) in [4.78, 5) is 0. The van der Waals surface area contributed by atoms with Gasteiger partial charge < -0.3 is 24.8 Å². The van der Waals surface area contributed by atoms with Crippen LogP contribution in [0.4, 0.5) is 0 Å². The molecule has 0 N–H and O–H groups in total. The Bertz CT molecular complexity index is 1600. The van der Waals surface area contributed by atoms with Crippen molar-refractivity contribution in [1.29, 1.82) is 0 Å². The van der Waals surface area contributed by atoms with E-state index in [4.69, 9.17) is 0 Å². The predicted molar refractivity (Wildman–Crippen MR) is 185 cm³/mol. The molecule has 6 aliphatic carbocycles. The largest absolute Gasteiger partial charge is 0.179 e. The summed E-state index contributed by atoms with van der Waals surface area (Å²) in [5.74, 6) is 3.82. The van der Waals surface area contributed by atoms with E-state index in [1.165, 1.54) is 72.8 Å². The second kappa shape index (κ2) is 15.9. The second-order valence-corrected chi connectivity index (χ2v) is 15.6. The van der Waals surface area contributed by atoms with Crippen molar-refractivity contribution in [2.45, 2.75) is 65.2 Å². The van der Waals surface area contributed by atoms with Crippen molar-refractivity contribution >= 4 is 3.21 Å². The Morgan fingerprint density at radius 3 is 1.81 bits per heavy atom. The molecule has 4 bridgehead atoms. The van der Waals surface area contributed by atoms with E-state index in [-0.39, 0.29) is 24.8 Å². The molecule has 0 spiro atoms. The van der Waals surface area contributed by atoms with Gasteiger partial charge in [-0.1, -0.05) is 61.6 Å². The maximum atomic E-state index is 3.57. The molecule has 0 amide bonds. The minimum atomic E-state index is 0. The van der Waals surface area contributed by atoms with Crippen molar-refractivity contribution in [3.63, 3.8) is 0 Å². The molecule has 4 saturated carbocycles. The molecular formula is C44H44Cl2Zr-2. The van der Waals surface area contributed by atoms with Gasteiger partial charge >= 0.3 is 99.2 Å². The van der Waals surface area contributed by atoms with Gasteiger partial charge in [0.1, 0.15) is 0 Å². The van der Waals surface area contributed by atoms with Crippen LogP contribution < -0.4 is 24.8 Å². The zero-order valence-electron chi connectivity index (χ0n) is 27.6. The Kier molecular flexibility index (Phi) is 12.2. The van der Waals surface area contributed by atoms with Crippen LogP contribution in [0.15, 0.2) is 120 Å².